The minimum atomic E-state index is 1.87. The number of rotatable bonds is 0. The van der Waals surface area contributed by atoms with E-state index in [2.05, 4.69) is 722 Å². The van der Waals surface area contributed by atoms with Crippen molar-refractivity contribution in [3.63, 3.8) is 0 Å². The highest BCUT2D eigenvalue weighted by atomic mass is 13.7. The highest BCUT2D eigenvalue weighted by molar-refractivity contribution is 5.58. The van der Waals surface area contributed by atoms with Gasteiger partial charge in [-0.25, -0.2) is 0 Å². The molecule has 0 aromatic carbocycles. The van der Waals surface area contributed by atoms with Gasteiger partial charge >= 0.3 is 0 Å². The summed E-state index contributed by atoms with van der Waals surface area (Å²) in [6.45, 7) is 0. The first kappa shape index (κ1) is 98.3. The summed E-state index contributed by atoms with van der Waals surface area (Å²) in [5.74, 6) is 307. The van der Waals surface area contributed by atoms with Gasteiger partial charge in [-0.15, -0.1) is 0 Å². The van der Waals surface area contributed by atoms with Crippen LogP contribution in [0.15, 0.2) is 0 Å². The molecular formula is C126. The first-order valence-corrected chi connectivity index (χ1v) is 31.2. The summed E-state index contributed by atoms with van der Waals surface area (Å²) in [7, 11) is 0. The van der Waals surface area contributed by atoms with E-state index >= 15 is 0 Å². The minimum absolute atomic E-state index is 1.87. The molecule has 0 bridgehead atoms. The normalized spacial score (nSPS) is 3.95. The monoisotopic (exact) mass is 1510 g/mol. The molecule has 0 unspecified atom stereocenters. The van der Waals surface area contributed by atoms with Crippen molar-refractivity contribution in [1.29, 1.82) is 0 Å². The molecule has 0 fully saturated rings. The number of hydrogen-bond acceptors (Lipinski definition) is 0. The van der Waals surface area contributed by atoms with Crippen LogP contribution in [0.25, 0.3) is 0 Å². The lowest BCUT2D eigenvalue weighted by Crippen LogP contribution is -1.57. The van der Waals surface area contributed by atoms with Gasteiger partial charge in [0.2, 0.25) is 0 Å². The van der Waals surface area contributed by atoms with Crippen molar-refractivity contribution >= 4 is 0 Å². The summed E-state index contributed by atoms with van der Waals surface area (Å²) in [6.07, 6.45) is 13.2. The minimum Gasteiger partial charge on any atom is 0 e. The summed E-state index contributed by atoms with van der Waals surface area (Å²) in [6, 6.07) is 0. The molecule has 0 saturated heterocycles. The van der Waals surface area contributed by atoms with E-state index in [4.69, 9.17) is 12.8 Å². The molecule has 0 atom stereocenters. The van der Waals surface area contributed by atoms with Crippen molar-refractivity contribution in [3.05, 3.63) is 12.8 Å². The summed E-state index contributed by atoms with van der Waals surface area (Å²) < 4.78 is 0. The zero-order chi connectivity index (χ0) is 89.7. The SMILES string of the molecule is [C]#CC#CC#CC#CC#CC#CC#CC#CC#CC#CC#CC#CC#CC#CC#CC#CC#CC#CC#CC#CC#CC#CC#CC#CC#CC#CC#CC#CC#CC#CC#CC#CC#CC#CC#CC#CC#CC#CC#CC#CC#CC#CC#CC#CC#CC#CC#CC#CC#CC#CC#CC#CC#CC#CC#CC#CC#CC#CC#CC#CC#CC#CC#[C]. The zero-order valence-corrected chi connectivity index (χ0v) is 63.0. The lowest BCUT2D eigenvalue weighted by Gasteiger charge is -1.58. The Hall–Kier alpha value is -27.7. The fourth-order valence-electron chi connectivity index (χ4n) is 3.81. The van der Waals surface area contributed by atoms with Crippen molar-refractivity contribution in [2.24, 2.45) is 0 Å². The Bertz CT molecular complexity index is 8400. The third kappa shape index (κ3) is 96.3. The molecule has 0 aromatic rings. The van der Waals surface area contributed by atoms with E-state index in [1.165, 1.54) is 0 Å². The molecule has 0 heteroatoms. The average Bonchev–Trinajstić information content (AvgIpc) is 1.24. The molecule has 0 rings (SSSR count). The number of hydrogen-bond donors (Lipinski definition) is 0. The maximum Gasteiger partial charge on any atom is 0 e. The molecule has 0 amide bonds. The van der Waals surface area contributed by atoms with E-state index in [-0.39, 0.29) is 0 Å². The van der Waals surface area contributed by atoms with Gasteiger partial charge in [0.1, 0.15) is 0 Å². The predicted molar refractivity (Wildman–Crippen MR) is 489 cm³/mol. The molecule has 0 heterocycles. The van der Waals surface area contributed by atoms with Gasteiger partial charge in [-0.1, -0.05) is 0 Å². The third-order valence-corrected chi connectivity index (χ3v) is 7.69. The Morgan fingerprint density at radius 2 is 0.0635 bits per heavy atom. The van der Waals surface area contributed by atoms with Crippen LogP contribution in [0, 0.1) is 747 Å². The predicted octanol–water partition coefficient (Wildman–Crippen LogP) is 0.373. The van der Waals surface area contributed by atoms with Crippen LogP contribution in [0.3, 0.4) is 0 Å². The fourth-order valence-corrected chi connectivity index (χ4v) is 3.81. The van der Waals surface area contributed by atoms with E-state index in [1.54, 1.807) is 0 Å². The van der Waals surface area contributed by atoms with E-state index < -0.39 is 0 Å². The molecular weight excluding hydrogens is 1510 g/mol. The van der Waals surface area contributed by atoms with Crippen LogP contribution in [-0.2, 0) is 0 Å². The Morgan fingerprint density at radius 1 is 0.0397 bits per heavy atom. The maximum absolute atomic E-state index is 6.59. The van der Waals surface area contributed by atoms with Crippen LogP contribution in [-0.4, -0.2) is 0 Å². The molecule has 2 radical (unpaired) electrons. The second kappa shape index (κ2) is 97.3. The lowest BCUT2D eigenvalue weighted by molar-refractivity contribution is 2.31. The Kier molecular flexibility index (Phi) is 75.9. The van der Waals surface area contributed by atoms with Gasteiger partial charge in [-0.05, 0) is 0 Å². The molecule has 504 valence electrons. The van der Waals surface area contributed by atoms with Crippen LogP contribution >= 0.6 is 0 Å². The molecule has 0 nitrogen and oxygen atoms in total. The Morgan fingerprint density at radius 3 is 0.0873 bits per heavy atom. The summed E-state index contributed by atoms with van der Waals surface area (Å²) in [5, 5.41) is 0. The van der Waals surface area contributed by atoms with E-state index in [0.717, 1.165) is 0 Å². The average molecular weight is 1510 g/mol. The van der Waals surface area contributed by atoms with Crippen molar-refractivity contribution < 1.29 is 0 Å². The van der Waals surface area contributed by atoms with E-state index in [0.29, 0.717) is 0 Å². The van der Waals surface area contributed by atoms with E-state index in [9.17, 15) is 0 Å². The fraction of sp³-hybridized carbons (Fsp3) is 0. The maximum atomic E-state index is 6.59. The summed E-state index contributed by atoms with van der Waals surface area (Å²) >= 11 is 0. The van der Waals surface area contributed by atoms with Crippen LogP contribution in [0.2, 0.25) is 0 Å². The summed E-state index contributed by atoms with van der Waals surface area (Å²) in [4.78, 5) is 0. The Labute approximate surface area is 741 Å². The molecule has 0 saturated carbocycles. The third-order valence-electron chi connectivity index (χ3n) is 7.69. The highest BCUT2D eigenvalue weighted by Crippen LogP contribution is 1.70. The molecule has 0 aromatic heterocycles. The molecule has 0 N–H and O–H groups in total. The molecule has 126 heavy (non-hydrogen) atoms. The van der Waals surface area contributed by atoms with Crippen LogP contribution in [0.4, 0.5) is 0 Å². The topological polar surface area (TPSA) is 0 Å². The molecule has 0 aliphatic carbocycles. The Balaban J connectivity index is 4.65. The molecule has 0 spiro atoms. The van der Waals surface area contributed by atoms with E-state index in [1.807, 2.05) is 11.8 Å². The molecule has 0 aliphatic heterocycles. The second-order valence-electron chi connectivity index (χ2n) is 15.5. The van der Waals surface area contributed by atoms with Gasteiger partial charge in [0, 0.05) is 747 Å². The standard InChI is InChI=1S/C126/c1-3-5-7-9-11-13-15-17-19-21-23-25-27-29-31-33-35-37-39-41-43-45-47-49-51-53-55-57-59-61-63-65-67-69-71-73-75-77-79-81-83-85-87-89-91-93-95-97-99-101-103-105-107-109-111-113-115-117-119-121-123-125-126-124-122-120-118-116-114-112-110-108-106-104-102-100-98-96-94-92-90-88-86-84-82-80-78-76-74-72-70-68-66-64-62-60-58-56-54-52-50-48-46-44-42-40-38-36-34-32-30-28-26-24-22-20-18-16-14-12-10-8-6-4-2. The lowest BCUT2D eigenvalue weighted by atomic mass is 10.4. The van der Waals surface area contributed by atoms with Crippen LogP contribution in [0.5, 0.6) is 0 Å². The summed E-state index contributed by atoms with van der Waals surface area (Å²) in [5.41, 5.74) is 0. The largest absolute Gasteiger partial charge is 0 e. The van der Waals surface area contributed by atoms with Crippen molar-refractivity contribution in [1.82, 2.24) is 0 Å². The first-order valence-electron chi connectivity index (χ1n) is 31.2. The zero-order valence-electron chi connectivity index (χ0n) is 63.0. The quantitative estimate of drug-likeness (QED) is 0.309. The van der Waals surface area contributed by atoms with Crippen molar-refractivity contribution in [2.45, 2.75) is 0 Å². The van der Waals surface area contributed by atoms with Gasteiger partial charge in [-0.3, -0.25) is 0 Å². The van der Waals surface area contributed by atoms with Gasteiger partial charge in [0.15, 0.2) is 0 Å². The molecule has 0 aliphatic rings. The van der Waals surface area contributed by atoms with Gasteiger partial charge < -0.3 is 0 Å². The van der Waals surface area contributed by atoms with Gasteiger partial charge in [0.25, 0.3) is 0 Å². The van der Waals surface area contributed by atoms with Gasteiger partial charge in [0.05, 0.1) is 0 Å². The smallest absolute Gasteiger partial charge is 0 e. The first-order chi connectivity index (χ1) is 62.9. The van der Waals surface area contributed by atoms with Gasteiger partial charge in [-0.2, -0.15) is 0 Å². The van der Waals surface area contributed by atoms with Crippen molar-refractivity contribution in [2.75, 3.05) is 0 Å². The highest BCUT2D eigenvalue weighted by Gasteiger charge is 1.70. The van der Waals surface area contributed by atoms with Crippen LogP contribution in [0.1, 0.15) is 0 Å². The van der Waals surface area contributed by atoms with Crippen LogP contribution < -0.4 is 0 Å². The second-order valence-corrected chi connectivity index (χ2v) is 15.5. The van der Waals surface area contributed by atoms with Crippen molar-refractivity contribution in [3.8, 4) is 734 Å².